The van der Waals surface area contributed by atoms with Crippen LogP contribution in [0.2, 0.25) is 0 Å². The van der Waals surface area contributed by atoms with Crippen LogP contribution in [0.3, 0.4) is 0 Å². The largest absolute Gasteiger partial charge is 0.550 e. The summed E-state index contributed by atoms with van der Waals surface area (Å²) in [6.45, 7) is 7.13. The smallest absolute Gasteiger partial charge is 0.0811 e. The van der Waals surface area contributed by atoms with Crippen LogP contribution in [0.5, 0.6) is 0 Å². The second-order valence-electron chi connectivity index (χ2n) is 7.58. The number of benzene rings is 3. The summed E-state index contributed by atoms with van der Waals surface area (Å²) in [7, 11) is 0. The minimum atomic E-state index is -1.04. The SMILES string of the molecule is CC(C)[C@@H](C[NH3+])c1ccccc1.C[C@H](C(=O)[O-])c1ccc(-c2ccccc2)cc1. The Balaban J connectivity index is 0.000000221. The zero-order chi connectivity index (χ0) is 21.2. The van der Waals surface area contributed by atoms with Gasteiger partial charge in [-0.3, -0.25) is 0 Å². The maximum absolute atomic E-state index is 10.7. The molecule has 152 valence electrons. The van der Waals surface area contributed by atoms with Gasteiger partial charge < -0.3 is 15.6 Å². The molecule has 3 nitrogen and oxygen atoms in total. The summed E-state index contributed by atoms with van der Waals surface area (Å²) in [5.41, 5.74) is 8.38. The lowest BCUT2D eigenvalue weighted by Gasteiger charge is -2.16. The molecule has 0 aliphatic rings. The van der Waals surface area contributed by atoms with Gasteiger partial charge in [0.15, 0.2) is 0 Å². The predicted molar refractivity (Wildman–Crippen MR) is 117 cm³/mol. The lowest BCUT2D eigenvalue weighted by molar-refractivity contribution is -0.374. The van der Waals surface area contributed by atoms with E-state index in [1.165, 1.54) is 5.56 Å². The molecule has 0 radical (unpaired) electrons. The maximum Gasteiger partial charge on any atom is 0.0811 e. The Hall–Kier alpha value is -2.91. The van der Waals surface area contributed by atoms with Gasteiger partial charge in [0, 0.05) is 17.8 Å². The Morgan fingerprint density at radius 2 is 1.24 bits per heavy atom. The molecule has 0 spiro atoms. The molecule has 0 saturated carbocycles. The van der Waals surface area contributed by atoms with E-state index in [1.54, 1.807) is 6.92 Å². The van der Waals surface area contributed by atoms with Crippen LogP contribution >= 0.6 is 0 Å². The molecule has 0 saturated heterocycles. The first kappa shape index (κ1) is 22.4. The van der Waals surface area contributed by atoms with Gasteiger partial charge in [-0.05, 0) is 28.2 Å². The summed E-state index contributed by atoms with van der Waals surface area (Å²) >= 11 is 0. The topological polar surface area (TPSA) is 67.8 Å². The first-order valence-electron chi connectivity index (χ1n) is 10.1. The van der Waals surface area contributed by atoms with Crippen molar-refractivity contribution in [3.63, 3.8) is 0 Å². The second-order valence-corrected chi connectivity index (χ2v) is 7.58. The molecule has 3 N–H and O–H groups in total. The van der Waals surface area contributed by atoms with Crippen molar-refractivity contribution in [3.8, 4) is 11.1 Å². The normalized spacial score (nSPS) is 12.6. The number of carbonyl (C=O) groups excluding carboxylic acids is 1. The van der Waals surface area contributed by atoms with Crippen LogP contribution in [-0.2, 0) is 4.79 Å². The highest BCUT2D eigenvalue weighted by Crippen LogP contribution is 2.23. The van der Waals surface area contributed by atoms with Crippen LogP contribution in [0.4, 0.5) is 0 Å². The van der Waals surface area contributed by atoms with Gasteiger partial charge in [-0.2, -0.15) is 0 Å². The summed E-state index contributed by atoms with van der Waals surface area (Å²) in [5.74, 6) is -0.312. The molecule has 3 aromatic rings. The monoisotopic (exact) mass is 389 g/mol. The van der Waals surface area contributed by atoms with E-state index in [0.29, 0.717) is 11.8 Å². The summed E-state index contributed by atoms with van der Waals surface area (Å²) in [5, 5.41) is 10.7. The van der Waals surface area contributed by atoms with E-state index in [1.807, 2.05) is 54.6 Å². The predicted octanol–water partition coefficient (Wildman–Crippen LogP) is 3.88. The summed E-state index contributed by atoms with van der Waals surface area (Å²) in [4.78, 5) is 10.7. The maximum atomic E-state index is 10.7. The van der Waals surface area contributed by atoms with Crippen molar-refractivity contribution in [3.05, 3.63) is 96.1 Å². The Bertz CT molecular complexity index is 858. The average molecular weight is 390 g/mol. The number of hydrogen-bond acceptors (Lipinski definition) is 2. The molecule has 3 rings (SSSR count). The van der Waals surface area contributed by atoms with Gasteiger partial charge in [-0.15, -0.1) is 0 Å². The van der Waals surface area contributed by atoms with Crippen molar-refractivity contribution in [2.24, 2.45) is 5.92 Å². The van der Waals surface area contributed by atoms with E-state index < -0.39 is 11.9 Å². The molecule has 0 aliphatic heterocycles. The van der Waals surface area contributed by atoms with Gasteiger partial charge in [0.2, 0.25) is 0 Å². The van der Waals surface area contributed by atoms with Crippen LogP contribution in [0.15, 0.2) is 84.9 Å². The highest BCUT2D eigenvalue weighted by Gasteiger charge is 2.14. The van der Waals surface area contributed by atoms with Gasteiger partial charge in [0.1, 0.15) is 0 Å². The highest BCUT2D eigenvalue weighted by molar-refractivity contribution is 5.74. The molecular formula is C26H31NO2. The quantitative estimate of drug-likeness (QED) is 0.695. The molecule has 2 atom stereocenters. The van der Waals surface area contributed by atoms with Crippen molar-refractivity contribution in [2.75, 3.05) is 6.54 Å². The summed E-state index contributed by atoms with van der Waals surface area (Å²) in [6, 6.07) is 28.2. The fourth-order valence-corrected chi connectivity index (χ4v) is 3.32. The van der Waals surface area contributed by atoms with Crippen LogP contribution in [-0.4, -0.2) is 12.5 Å². The summed E-state index contributed by atoms with van der Waals surface area (Å²) in [6.07, 6.45) is 0. The third kappa shape index (κ3) is 6.58. The minimum Gasteiger partial charge on any atom is -0.550 e. The van der Waals surface area contributed by atoms with Gasteiger partial charge in [0.25, 0.3) is 0 Å². The van der Waals surface area contributed by atoms with Crippen molar-refractivity contribution >= 4 is 5.97 Å². The Kier molecular flexibility index (Phi) is 8.63. The number of rotatable bonds is 6. The Morgan fingerprint density at radius 1 is 0.759 bits per heavy atom. The molecule has 0 unspecified atom stereocenters. The first-order chi connectivity index (χ1) is 13.9. The molecule has 0 aliphatic carbocycles. The number of aliphatic carboxylic acids is 1. The van der Waals surface area contributed by atoms with Crippen LogP contribution in [0, 0.1) is 5.92 Å². The van der Waals surface area contributed by atoms with E-state index in [-0.39, 0.29) is 0 Å². The molecular weight excluding hydrogens is 358 g/mol. The number of carboxylic acids is 1. The molecule has 29 heavy (non-hydrogen) atoms. The van der Waals surface area contributed by atoms with Crippen LogP contribution in [0.1, 0.15) is 43.7 Å². The van der Waals surface area contributed by atoms with Crippen molar-refractivity contribution in [1.29, 1.82) is 0 Å². The molecule has 0 bridgehead atoms. The molecule has 0 heterocycles. The zero-order valence-corrected chi connectivity index (χ0v) is 17.5. The van der Waals surface area contributed by atoms with E-state index in [4.69, 9.17) is 0 Å². The second kappa shape index (κ2) is 11.2. The third-order valence-electron chi connectivity index (χ3n) is 5.21. The molecule has 3 heteroatoms. The zero-order valence-electron chi connectivity index (χ0n) is 17.5. The minimum absolute atomic E-state index is 0.570. The van der Waals surface area contributed by atoms with Gasteiger partial charge in [0.05, 0.1) is 6.54 Å². The van der Waals surface area contributed by atoms with E-state index in [9.17, 15) is 9.90 Å². The van der Waals surface area contributed by atoms with Crippen LogP contribution < -0.4 is 10.8 Å². The number of quaternary nitrogens is 1. The number of carboxylic acid groups (broad SMARTS) is 1. The van der Waals surface area contributed by atoms with Crippen molar-refractivity contribution in [1.82, 2.24) is 0 Å². The standard InChI is InChI=1S/C15H14O2.C11H17N/c1-11(15(16)17)12-7-9-14(10-8-12)13-5-3-2-4-6-13;1-9(2)11(8-12)10-6-4-3-5-7-10/h2-11H,1H3,(H,16,17);3-7,9,11H,8,12H2,1-2H3/t2*11-/m01/s1. The molecule has 0 fully saturated rings. The molecule has 3 aromatic carbocycles. The lowest BCUT2D eigenvalue weighted by atomic mass is 9.89. The Labute approximate surface area is 174 Å². The third-order valence-corrected chi connectivity index (χ3v) is 5.21. The van der Waals surface area contributed by atoms with Gasteiger partial charge in [-0.25, -0.2) is 0 Å². The van der Waals surface area contributed by atoms with E-state index in [0.717, 1.165) is 23.2 Å². The van der Waals surface area contributed by atoms with Gasteiger partial charge >= 0.3 is 0 Å². The van der Waals surface area contributed by atoms with Gasteiger partial charge in [-0.1, -0.05) is 106 Å². The van der Waals surface area contributed by atoms with Crippen molar-refractivity contribution < 1.29 is 15.6 Å². The highest BCUT2D eigenvalue weighted by atomic mass is 16.4. The van der Waals surface area contributed by atoms with E-state index in [2.05, 4.69) is 49.9 Å². The fourth-order valence-electron chi connectivity index (χ4n) is 3.32. The van der Waals surface area contributed by atoms with Crippen molar-refractivity contribution in [2.45, 2.75) is 32.6 Å². The number of carbonyl (C=O) groups is 1. The Morgan fingerprint density at radius 3 is 1.69 bits per heavy atom. The molecule has 0 amide bonds. The van der Waals surface area contributed by atoms with E-state index >= 15 is 0 Å². The number of hydrogen-bond donors (Lipinski definition) is 1. The fraction of sp³-hybridized carbons (Fsp3) is 0.269. The first-order valence-corrected chi connectivity index (χ1v) is 10.1. The summed E-state index contributed by atoms with van der Waals surface area (Å²) < 4.78 is 0. The molecule has 0 aromatic heterocycles. The average Bonchev–Trinajstić information content (AvgIpc) is 2.75. The van der Waals surface area contributed by atoms with Crippen LogP contribution in [0.25, 0.3) is 11.1 Å². The lowest BCUT2D eigenvalue weighted by Crippen LogP contribution is -2.53.